The van der Waals surface area contributed by atoms with E-state index in [4.69, 9.17) is 19.3 Å². The van der Waals surface area contributed by atoms with Crippen LogP contribution >= 0.6 is 0 Å². The molecule has 0 aromatic carbocycles. The number of unbranched alkanes of at least 4 members (excludes halogenated alkanes) is 4. The molecule has 0 aromatic heterocycles. The molecule has 2 saturated heterocycles. The second kappa shape index (κ2) is 11.1. The van der Waals surface area contributed by atoms with Crippen LogP contribution < -0.4 is 0 Å². The number of hydrogen-bond donors (Lipinski definition) is 1. The molecule has 2 bridgehead atoms. The van der Waals surface area contributed by atoms with Crippen LogP contribution in [0.3, 0.4) is 0 Å². The van der Waals surface area contributed by atoms with E-state index in [1.54, 1.807) is 6.92 Å². The van der Waals surface area contributed by atoms with Crippen molar-refractivity contribution < 1.29 is 24.1 Å². The maximum absolute atomic E-state index is 10.7. The fourth-order valence-corrected chi connectivity index (χ4v) is 4.17. The summed E-state index contributed by atoms with van der Waals surface area (Å²) in [5.41, 5.74) is 0. The van der Waals surface area contributed by atoms with E-state index in [0.717, 1.165) is 32.5 Å². The predicted molar refractivity (Wildman–Crippen MR) is 96.7 cm³/mol. The lowest BCUT2D eigenvalue weighted by molar-refractivity contribution is -0.149. The minimum Gasteiger partial charge on any atom is -0.479 e. The summed E-state index contributed by atoms with van der Waals surface area (Å²) in [5.74, 6) is 0.257. The van der Waals surface area contributed by atoms with Gasteiger partial charge in [0.15, 0.2) is 6.10 Å². The lowest BCUT2D eigenvalue weighted by Crippen LogP contribution is -2.31. The molecule has 0 saturated carbocycles. The first-order valence-electron chi connectivity index (χ1n) is 10.2. The van der Waals surface area contributed by atoms with E-state index in [-0.39, 0.29) is 0 Å². The summed E-state index contributed by atoms with van der Waals surface area (Å²) in [6, 6.07) is 0. The molecule has 0 radical (unpaired) electrons. The van der Waals surface area contributed by atoms with Crippen molar-refractivity contribution in [3.63, 3.8) is 0 Å². The van der Waals surface area contributed by atoms with Crippen molar-refractivity contribution in [1.82, 2.24) is 0 Å². The minimum atomic E-state index is -0.891. The van der Waals surface area contributed by atoms with Gasteiger partial charge < -0.3 is 19.3 Å². The maximum atomic E-state index is 10.7. The van der Waals surface area contributed by atoms with Crippen molar-refractivity contribution in [1.29, 1.82) is 0 Å². The third-order valence-corrected chi connectivity index (χ3v) is 5.69. The highest BCUT2D eigenvalue weighted by molar-refractivity contribution is 5.71. The Morgan fingerprint density at radius 1 is 1.08 bits per heavy atom. The summed E-state index contributed by atoms with van der Waals surface area (Å²) in [6.07, 6.45) is 10.6. The van der Waals surface area contributed by atoms with Crippen molar-refractivity contribution in [2.75, 3.05) is 19.8 Å². The number of carboxylic acid groups (broad SMARTS) is 1. The topological polar surface area (TPSA) is 65.0 Å². The molecular formula is C20H36O5. The van der Waals surface area contributed by atoms with Gasteiger partial charge in [0.05, 0.1) is 18.8 Å². The molecule has 0 amide bonds. The van der Waals surface area contributed by atoms with Gasteiger partial charge in [0.2, 0.25) is 0 Å². The van der Waals surface area contributed by atoms with Crippen molar-refractivity contribution in [2.45, 2.75) is 89.9 Å². The summed E-state index contributed by atoms with van der Waals surface area (Å²) in [5, 5.41) is 8.81. The van der Waals surface area contributed by atoms with Crippen LogP contribution in [0.1, 0.15) is 71.6 Å². The number of hydrogen-bond acceptors (Lipinski definition) is 4. The second-order valence-electron chi connectivity index (χ2n) is 7.60. The van der Waals surface area contributed by atoms with Gasteiger partial charge in [0.1, 0.15) is 0 Å². The average molecular weight is 357 g/mol. The average Bonchev–Trinajstić information content (AvgIpc) is 3.19. The Hall–Kier alpha value is -0.650. The van der Waals surface area contributed by atoms with Crippen LogP contribution in [0.25, 0.3) is 0 Å². The van der Waals surface area contributed by atoms with Crippen molar-refractivity contribution in [2.24, 2.45) is 11.8 Å². The third kappa shape index (κ3) is 6.54. The van der Waals surface area contributed by atoms with Crippen molar-refractivity contribution in [3.8, 4) is 0 Å². The summed E-state index contributed by atoms with van der Waals surface area (Å²) >= 11 is 0. The van der Waals surface area contributed by atoms with E-state index in [1.807, 2.05) is 0 Å². The number of fused-ring (bicyclic) bond motifs is 2. The molecule has 146 valence electrons. The van der Waals surface area contributed by atoms with Gasteiger partial charge in [-0.1, -0.05) is 32.6 Å². The second-order valence-corrected chi connectivity index (χ2v) is 7.60. The van der Waals surface area contributed by atoms with Gasteiger partial charge in [0, 0.05) is 19.1 Å². The molecular weight excluding hydrogens is 320 g/mol. The standard InChI is InChI=1S/C20H36O5/c1-3-4-5-7-12-23-14-17-16(18-10-11-19(17)25-18)9-6-8-13-24-15(2)20(21)22/h15-19H,3-14H2,1-2H3,(H,21,22)/t15-,16?,17-,18-,19+/m1/s1. The van der Waals surface area contributed by atoms with Gasteiger partial charge in [0.25, 0.3) is 0 Å². The van der Waals surface area contributed by atoms with Gasteiger partial charge in [-0.2, -0.15) is 0 Å². The Bertz CT molecular complexity index is 386. The van der Waals surface area contributed by atoms with E-state index >= 15 is 0 Å². The monoisotopic (exact) mass is 356 g/mol. The number of aliphatic carboxylic acids is 1. The summed E-state index contributed by atoms with van der Waals surface area (Å²) in [4.78, 5) is 10.7. The minimum absolute atomic E-state index is 0.397. The quantitative estimate of drug-likeness (QED) is 0.476. The molecule has 0 spiro atoms. The van der Waals surface area contributed by atoms with E-state index in [1.165, 1.54) is 38.5 Å². The molecule has 2 rings (SSSR count). The molecule has 5 atom stereocenters. The largest absolute Gasteiger partial charge is 0.479 e. The molecule has 5 nitrogen and oxygen atoms in total. The lowest BCUT2D eigenvalue weighted by atomic mass is 9.77. The van der Waals surface area contributed by atoms with Gasteiger partial charge in [-0.25, -0.2) is 4.79 Å². The highest BCUT2D eigenvalue weighted by Crippen LogP contribution is 2.45. The van der Waals surface area contributed by atoms with Crippen molar-refractivity contribution in [3.05, 3.63) is 0 Å². The fourth-order valence-electron chi connectivity index (χ4n) is 4.17. The first-order chi connectivity index (χ1) is 12.1. The van der Waals surface area contributed by atoms with Gasteiger partial charge in [-0.15, -0.1) is 0 Å². The van der Waals surface area contributed by atoms with Crippen molar-refractivity contribution >= 4 is 5.97 Å². The summed E-state index contributed by atoms with van der Waals surface area (Å²) in [7, 11) is 0. The molecule has 0 aliphatic carbocycles. The van der Waals surface area contributed by atoms with Gasteiger partial charge in [-0.05, 0) is 44.9 Å². The first kappa shape index (κ1) is 20.7. The summed E-state index contributed by atoms with van der Waals surface area (Å²) in [6.45, 7) is 6.05. The zero-order valence-corrected chi connectivity index (χ0v) is 16.0. The van der Waals surface area contributed by atoms with E-state index in [9.17, 15) is 4.79 Å². The Labute approximate surface area is 152 Å². The van der Waals surface area contributed by atoms with Crippen LogP contribution in [-0.4, -0.2) is 49.2 Å². The number of ether oxygens (including phenoxy) is 3. The maximum Gasteiger partial charge on any atom is 0.332 e. The molecule has 2 aliphatic rings. The normalized spacial score (nSPS) is 29.2. The zero-order valence-electron chi connectivity index (χ0n) is 16.0. The highest BCUT2D eigenvalue weighted by atomic mass is 16.5. The predicted octanol–water partition coefficient (Wildman–Crippen LogP) is 4.04. The third-order valence-electron chi connectivity index (χ3n) is 5.69. The smallest absolute Gasteiger partial charge is 0.332 e. The summed E-state index contributed by atoms with van der Waals surface area (Å²) < 4.78 is 17.4. The molecule has 1 N–H and O–H groups in total. The molecule has 2 aliphatic heterocycles. The zero-order chi connectivity index (χ0) is 18.1. The lowest BCUT2D eigenvalue weighted by Gasteiger charge is -2.28. The van der Waals surface area contributed by atoms with Crippen LogP contribution in [0.2, 0.25) is 0 Å². The number of rotatable bonds is 14. The van der Waals surface area contributed by atoms with E-state index in [2.05, 4.69) is 6.92 Å². The van der Waals surface area contributed by atoms with Gasteiger partial charge >= 0.3 is 5.97 Å². The Morgan fingerprint density at radius 3 is 2.52 bits per heavy atom. The Balaban J connectivity index is 1.61. The highest BCUT2D eigenvalue weighted by Gasteiger charge is 2.48. The Kier molecular flexibility index (Phi) is 9.21. The molecule has 0 aromatic rings. The van der Waals surface area contributed by atoms with Gasteiger partial charge in [-0.3, -0.25) is 0 Å². The van der Waals surface area contributed by atoms with Crippen LogP contribution in [0.4, 0.5) is 0 Å². The Morgan fingerprint density at radius 2 is 1.80 bits per heavy atom. The molecule has 2 fully saturated rings. The molecule has 5 heteroatoms. The van der Waals surface area contributed by atoms with Crippen LogP contribution in [0.15, 0.2) is 0 Å². The first-order valence-corrected chi connectivity index (χ1v) is 10.2. The SMILES string of the molecule is CCCCCCOC[C@@H]1C(CCCCO[C@H](C)C(=O)O)[C@H]2CC[C@@H]1O2. The van der Waals surface area contributed by atoms with Crippen LogP contribution in [0.5, 0.6) is 0 Å². The molecule has 2 heterocycles. The van der Waals surface area contributed by atoms with Crippen LogP contribution in [0, 0.1) is 11.8 Å². The fraction of sp³-hybridized carbons (Fsp3) is 0.950. The van der Waals surface area contributed by atoms with Crippen LogP contribution in [-0.2, 0) is 19.0 Å². The molecule has 25 heavy (non-hydrogen) atoms. The number of carboxylic acids is 1. The van der Waals surface area contributed by atoms with E-state index in [0.29, 0.717) is 30.7 Å². The van der Waals surface area contributed by atoms with E-state index < -0.39 is 12.1 Å². The molecule has 1 unspecified atom stereocenters. The number of carbonyl (C=O) groups is 1.